The molecular weight excluding hydrogens is 554 g/mol. The number of Topliss-reactive ketones (excluding diaryl/α,β-unsaturated/α-hetero) is 1. The Bertz CT molecular complexity index is 1190. The number of ketones is 1. The summed E-state index contributed by atoms with van der Waals surface area (Å²) in [4.78, 5) is 25.6. The van der Waals surface area contributed by atoms with Crippen LogP contribution in [0.25, 0.3) is 0 Å². The van der Waals surface area contributed by atoms with Gasteiger partial charge in [-0.3, -0.25) is 9.59 Å². The minimum absolute atomic E-state index is 0.0750. The SMILES string of the molecule is COC(=O)C(Cc1ccc(OCCN(C)CC(c2ccc(Cl)cc2)c2ccc(Cl)cc2)cc1)C(=O)C(F)(F)F. The van der Waals surface area contributed by atoms with Gasteiger partial charge in [0.2, 0.25) is 0 Å². The Morgan fingerprint density at radius 1 is 0.872 bits per heavy atom. The molecule has 3 aromatic carbocycles. The Balaban J connectivity index is 1.58. The van der Waals surface area contributed by atoms with Crippen molar-refractivity contribution >= 4 is 35.0 Å². The van der Waals surface area contributed by atoms with E-state index in [0.29, 0.717) is 41.1 Å². The standard InChI is InChI=1S/C29H28Cl2F3NO4/c1-35(18-26(20-5-9-22(30)10-6-20)21-7-11-23(31)12-8-21)15-16-39-24-13-3-19(4-14-24)17-25(28(37)38-2)27(36)29(32,33)34/h3-14,25-26H,15-18H2,1-2H3. The third-order valence-corrected chi connectivity index (χ3v) is 6.73. The van der Waals surface area contributed by atoms with Crippen LogP contribution in [0.2, 0.25) is 10.0 Å². The Morgan fingerprint density at radius 3 is 1.85 bits per heavy atom. The number of carbonyl (C=O) groups is 2. The van der Waals surface area contributed by atoms with Crippen LogP contribution in [0, 0.1) is 5.92 Å². The molecule has 0 bridgehead atoms. The molecule has 0 radical (unpaired) electrons. The Labute approximate surface area is 235 Å². The summed E-state index contributed by atoms with van der Waals surface area (Å²) in [5.74, 6) is -4.73. The second-order valence-electron chi connectivity index (χ2n) is 9.05. The van der Waals surface area contributed by atoms with Crippen molar-refractivity contribution in [3.05, 3.63) is 99.5 Å². The molecule has 208 valence electrons. The van der Waals surface area contributed by atoms with E-state index in [1.54, 1.807) is 12.1 Å². The van der Waals surface area contributed by atoms with Gasteiger partial charge in [0.1, 0.15) is 18.3 Å². The number of hydrogen-bond donors (Lipinski definition) is 0. The van der Waals surface area contributed by atoms with Crippen LogP contribution in [0.5, 0.6) is 5.75 Å². The quantitative estimate of drug-likeness (QED) is 0.178. The molecule has 0 aliphatic carbocycles. The summed E-state index contributed by atoms with van der Waals surface area (Å²) in [6.45, 7) is 1.67. The average molecular weight is 582 g/mol. The number of ether oxygens (including phenoxy) is 2. The summed E-state index contributed by atoms with van der Waals surface area (Å²) in [6, 6.07) is 21.7. The van der Waals surface area contributed by atoms with Gasteiger partial charge in [-0.25, -0.2) is 0 Å². The van der Waals surface area contributed by atoms with Crippen LogP contribution in [0.15, 0.2) is 72.8 Å². The number of nitrogens with zero attached hydrogens (tertiary/aromatic N) is 1. The van der Waals surface area contributed by atoms with Crippen molar-refractivity contribution in [3.63, 3.8) is 0 Å². The van der Waals surface area contributed by atoms with Crippen molar-refractivity contribution in [3.8, 4) is 5.75 Å². The number of halogens is 5. The van der Waals surface area contributed by atoms with Crippen LogP contribution in [0.4, 0.5) is 13.2 Å². The number of alkyl halides is 3. The van der Waals surface area contributed by atoms with Gasteiger partial charge < -0.3 is 14.4 Å². The lowest BCUT2D eigenvalue weighted by Crippen LogP contribution is -2.37. The third kappa shape index (κ3) is 8.98. The fraction of sp³-hybridized carbons (Fsp3) is 0.310. The van der Waals surface area contributed by atoms with E-state index in [9.17, 15) is 22.8 Å². The van der Waals surface area contributed by atoms with Gasteiger partial charge in [-0.2, -0.15) is 13.2 Å². The highest BCUT2D eigenvalue weighted by atomic mass is 35.5. The smallest absolute Gasteiger partial charge is 0.450 e. The monoisotopic (exact) mass is 581 g/mol. The highest BCUT2D eigenvalue weighted by Crippen LogP contribution is 2.28. The maximum atomic E-state index is 12.9. The molecule has 0 saturated carbocycles. The number of hydrogen-bond acceptors (Lipinski definition) is 5. The zero-order valence-corrected chi connectivity index (χ0v) is 22.9. The molecule has 10 heteroatoms. The molecule has 0 amide bonds. The first-order valence-electron chi connectivity index (χ1n) is 12.1. The van der Waals surface area contributed by atoms with E-state index in [1.807, 2.05) is 55.6 Å². The molecular formula is C29H28Cl2F3NO4. The maximum absolute atomic E-state index is 12.9. The lowest BCUT2D eigenvalue weighted by Gasteiger charge is -2.25. The summed E-state index contributed by atoms with van der Waals surface area (Å²) in [7, 11) is 2.93. The molecule has 1 atom stereocenters. The van der Waals surface area contributed by atoms with E-state index < -0.39 is 30.3 Å². The van der Waals surface area contributed by atoms with Crippen LogP contribution < -0.4 is 4.74 Å². The molecule has 0 N–H and O–H groups in total. The number of methoxy groups -OCH3 is 1. The number of esters is 1. The van der Waals surface area contributed by atoms with Gasteiger partial charge in [0.05, 0.1) is 7.11 Å². The summed E-state index contributed by atoms with van der Waals surface area (Å²) >= 11 is 12.2. The molecule has 0 spiro atoms. The van der Waals surface area contributed by atoms with E-state index in [-0.39, 0.29) is 5.92 Å². The van der Waals surface area contributed by atoms with Crippen molar-refractivity contribution < 1.29 is 32.2 Å². The highest BCUT2D eigenvalue weighted by Gasteiger charge is 2.46. The van der Waals surface area contributed by atoms with E-state index >= 15 is 0 Å². The number of likely N-dealkylation sites (N-methyl/N-ethyl adjacent to an activating group) is 1. The molecule has 0 fully saturated rings. The first-order chi connectivity index (χ1) is 18.5. The van der Waals surface area contributed by atoms with Crippen molar-refractivity contribution in [2.24, 2.45) is 5.92 Å². The lowest BCUT2D eigenvalue weighted by atomic mass is 9.91. The molecule has 0 aliphatic heterocycles. The maximum Gasteiger partial charge on any atom is 0.450 e. The van der Waals surface area contributed by atoms with E-state index in [2.05, 4.69) is 9.64 Å². The van der Waals surface area contributed by atoms with E-state index in [1.165, 1.54) is 12.1 Å². The molecule has 39 heavy (non-hydrogen) atoms. The van der Waals surface area contributed by atoms with Gasteiger partial charge >= 0.3 is 12.1 Å². The average Bonchev–Trinajstić information content (AvgIpc) is 2.91. The highest BCUT2D eigenvalue weighted by molar-refractivity contribution is 6.30. The Kier molecular flexibility index (Phi) is 10.8. The Hall–Kier alpha value is -3.07. The predicted octanol–water partition coefficient (Wildman–Crippen LogP) is 6.60. The van der Waals surface area contributed by atoms with Crippen molar-refractivity contribution in [2.45, 2.75) is 18.5 Å². The lowest BCUT2D eigenvalue weighted by molar-refractivity contribution is -0.180. The van der Waals surface area contributed by atoms with Gasteiger partial charge in [0.15, 0.2) is 0 Å². The Morgan fingerprint density at radius 2 is 1.38 bits per heavy atom. The van der Waals surface area contributed by atoms with Crippen molar-refractivity contribution in [2.75, 3.05) is 33.9 Å². The normalized spacial score (nSPS) is 12.4. The summed E-state index contributed by atoms with van der Waals surface area (Å²) in [5.41, 5.74) is 2.60. The van der Waals surface area contributed by atoms with Gasteiger partial charge in [0, 0.05) is 29.1 Å². The van der Waals surface area contributed by atoms with E-state index in [4.69, 9.17) is 27.9 Å². The number of carbonyl (C=O) groups excluding carboxylic acids is 2. The molecule has 0 aliphatic rings. The van der Waals surface area contributed by atoms with Crippen LogP contribution in [0.1, 0.15) is 22.6 Å². The van der Waals surface area contributed by atoms with Crippen LogP contribution >= 0.6 is 23.2 Å². The molecule has 0 aromatic heterocycles. The minimum atomic E-state index is -5.13. The number of benzene rings is 3. The van der Waals surface area contributed by atoms with Crippen LogP contribution in [0.3, 0.4) is 0 Å². The van der Waals surface area contributed by atoms with Crippen LogP contribution in [-0.2, 0) is 20.7 Å². The molecule has 3 rings (SSSR count). The topological polar surface area (TPSA) is 55.8 Å². The molecule has 0 saturated heterocycles. The van der Waals surface area contributed by atoms with Crippen molar-refractivity contribution in [1.82, 2.24) is 4.90 Å². The minimum Gasteiger partial charge on any atom is -0.492 e. The fourth-order valence-corrected chi connectivity index (χ4v) is 4.35. The van der Waals surface area contributed by atoms with E-state index in [0.717, 1.165) is 18.2 Å². The third-order valence-electron chi connectivity index (χ3n) is 6.23. The van der Waals surface area contributed by atoms with Gasteiger partial charge in [-0.05, 0) is 66.6 Å². The fourth-order valence-electron chi connectivity index (χ4n) is 4.10. The second kappa shape index (κ2) is 13.8. The van der Waals surface area contributed by atoms with Gasteiger partial charge in [0.25, 0.3) is 5.78 Å². The predicted molar refractivity (Wildman–Crippen MR) is 144 cm³/mol. The zero-order valence-electron chi connectivity index (χ0n) is 21.4. The summed E-state index contributed by atoms with van der Waals surface area (Å²) in [5, 5.41) is 1.32. The number of rotatable bonds is 12. The first kappa shape index (κ1) is 30.5. The van der Waals surface area contributed by atoms with Gasteiger partial charge in [-0.15, -0.1) is 0 Å². The second-order valence-corrected chi connectivity index (χ2v) is 9.93. The molecule has 3 aromatic rings. The summed E-state index contributed by atoms with van der Waals surface area (Å²) in [6.07, 6.45) is -5.56. The van der Waals surface area contributed by atoms with Crippen LogP contribution in [-0.4, -0.2) is 56.7 Å². The first-order valence-corrected chi connectivity index (χ1v) is 12.8. The molecule has 5 nitrogen and oxygen atoms in total. The largest absolute Gasteiger partial charge is 0.492 e. The summed E-state index contributed by atoms with van der Waals surface area (Å²) < 4.78 is 48.8. The van der Waals surface area contributed by atoms with Crippen molar-refractivity contribution in [1.29, 1.82) is 0 Å². The van der Waals surface area contributed by atoms with Gasteiger partial charge in [-0.1, -0.05) is 59.6 Å². The zero-order chi connectivity index (χ0) is 28.6. The molecule has 1 unspecified atom stereocenters. The molecule has 0 heterocycles.